The molecule has 3 aromatic rings. The Morgan fingerprint density at radius 1 is 1.13 bits per heavy atom. The third kappa shape index (κ3) is 3.34. The molecule has 1 saturated heterocycles. The number of benzene rings is 1. The van der Waals surface area contributed by atoms with Gasteiger partial charge in [-0.15, -0.1) is 5.01 Å². The van der Waals surface area contributed by atoms with Gasteiger partial charge in [0.25, 0.3) is 5.91 Å². The smallest absolute Gasteiger partial charge is 0.318 e. The van der Waals surface area contributed by atoms with Gasteiger partial charge in [-0.2, -0.15) is 10.2 Å². The van der Waals surface area contributed by atoms with Gasteiger partial charge in [0.05, 0.1) is 12.4 Å². The van der Waals surface area contributed by atoms with E-state index in [1.165, 1.54) is 0 Å². The minimum absolute atomic E-state index is 0.213. The molecule has 1 atom stereocenters. The Bertz CT molecular complexity index is 1170. The molecule has 8 heteroatoms. The molecular weight excluding hydrogens is 392 g/mol. The summed E-state index contributed by atoms with van der Waals surface area (Å²) in [6.07, 6.45) is 3.34. The number of amides is 3. The van der Waals surface area contributed by atoms with Crippen molar-refractivity contribution in [1.82, 2.24) is 24.7 Å². The van der Waals surface area contributed by atoms with Crippen molar-refractivity contribution in [2.75, 3.05) is 0 Å². The van der Waals surface area contributed by atoms with Gasteiger partial charge in [0.15, 0.2) is 0 Å². The molecule has 1 aliphatic heterocycles. The summed E-state index contributed by atoms with van der Waals surface area (Å²) in [5.74, 6) is 0.544. The molecule has 160 valence electrons. The van der Waals surface area contributed by atoms with E-state index >= 15 is 0 Å². The lowest BCUT2D eigenvalue weighted by Gasteiger charge is -2.20. The number of hydrogen-bond donors (Lipinski definition) is 1. The van der Waals surface area contributed by atoms with Crippen LogP contribution in [0.3, 0.4) is 0 Å². The first-order valence-corrected chi connectivity index (χ1v) is 10.2. The molecule has 0 bridgehead atoms. The zero-order valence-corrected chi connectivity index (χ0v) is 18.3. The van der Waals surface area contributed by atoms with Gasteiger partial charge in [0, 0.05) is 29.1 Å². The number of rotatable bonds is 5. The monoisotopic (exact) mass is 418 g/mol. The molecule has 0 unspecified atom stereocenters. The van der Waals surface area contributed by atoms with Gasteiger partial charge in [-0.1, -0.05) is 30.3 Å². The molecule has 3 amide bonds. The van der Waals surface area contributed by atoms with Crippen LogP contribution in [-0.2, 0) is 10.3 Å². The minimum Gasteiger partial charge on any atom is -0.318 e. The molecule has 1 aliphatic rings. The predicted molar refractivity (Wildman–Crippen MR) is 118 cm³/mol. The number of aryl methyl sites for hydroxylation is 1. The van der Waals surface area contributed by atoms with E-state index in [-0.39, 0.29) is 6.04 Å². The summed E-state index contributed by atoms with van der Waals surface area (Å²) in [4.78, 5) is 25.6. The van der Waals surface area contributed by atoms with Gasteiger partial charge in [0.1, 0.15) is 11.4 Å². The van der Waals surface area contributed by atoms with Crippen molar-refractivity contribution in [1.29, 1.82) is 0 Å². The molecule has 0 aliphatic carbocycles. The maximum absolute atomic E-state index is 13.0. The van der Waals surface area contributed by atoms with Gasteiger partial charge in [-0.3, -0.25) is 4.79 Å². The van der Waals surface area contributed by atoms with E-state index in [0.717, 1.165) is 27.8 Å². The summed E-state index contributed by atoms with van der Waals surface area (Å²) < 4.78 is 4.04. The Kier molecular flexibility index (Phi) is 5.00. The Hall–Kier alpha value is -3.68. The van der Waals surface area contributed by atoms with Crippen LogP contribution in [0, 0.1) is 13.8 Å². The van der Waals surface area contributed by atoms with E-state index in [1.807, 2.05) is 61.0 Å². The molecule has 0 radical (unpaired) electrons. The maximum atomic E-state index is 13.0. The first kappa shape index (κ1) is 20.6. The highest BCUT2D eigenvalue weighted by atomic mass is 16.2. The molecule has 4 rings (SSSR count). The largest absolute Gasteiger partial charge is 0.346 e. The summed E-state index contributed by atoms with van der Waals surface area (Å²) in [6.45, 7) is 9.83. The van der Waals surface area contributed by atoms with E-state index in [4.69, 9.17) is 0 Å². The van der Waals surface area contributed by atoms with Crippen molar-refractivity contribution in [2.24, 2.45) is 5.10 Å². The predicted octanol–water partition coefficient (Wildman–Crippen LogP) is 3.67. The quantitative estimate of drug-likeness (QED) is 0.507. The topological polar surface area (TPSA) is 84.5 Å². The van der Waals surface area contributed by atoms with E-state index in [1.54, 1.807) is 19.3 Å². The van der Waals surface area contributed by atoms with E-state index < -0.39 is 17.5 Å². The molecule has 8 nitrogen and oxygen atoms in total. The van der Waals surface area contributed by atoms with Crippen molar-refractivity contribution in [3.63, 3.8) is 0 Å². The second kappa shape index (κ2) is 7.54. The molecule has 0 spiro atoms. The highest BCUT2D eigenvalue weighted by molar-refractivity contribution is 6.07. The van der Waals surface area contributed by atoms with E-state index in [0.29, 0.717) is 5.56 Å². The number of urea groups is 1. The highest BCUT2D eigenvalue weighted by Gasteiger charge is 2.49. The third-order valence-corrected chi connectivity index (χ3v) is 5.67. The van der Waals surface area contributed by atoms with Crippen LogP contribution in [0.15, 0.2) is 53.8 Å². The lowest BCUT2D eigenvalue weighted by Crippen LogP contribution is -2.40. The van der Waals surface area contributed by atoms with Crippen LogP contribution in [0.5, 0.6) is 0 Å². The van der Waals surface area contributed by atoms with E-state index in [2.05, 4.69) is 33.9 Å². The number of carbonyl (C=O) groups is 2. The summed E-state index contributed by atoms with van der Waals surface area (Å²) in [6, 6.07) is 12.8. The Morgan fingerprint density at radius 3 is 2.52 bits per heavy atom. The summed E-state index contributed by atoms with van der Waals surface area (Å²) in [5.41, 5.74) is 2.35. The van der Waals surface area contributed by atoms with E-state index in [9.17, 15) is 9.59 Å². The second-order valence-corrected chi connectivity index (χ2v) is 8.17. The average molecular weight is 419 g/mol. The summed E-state index contributed by atoms with van der Waals surface area (Å²) >= 11 is 0. The number of nitrogens with one attached hydrogen (secondary N) is 1. The lowest BCUT2D eigenvalue weighted by atomic mass is 9.92. The first-order chi connectivity index (χ1) is 14.7. The van der Waals surface area contributed by atoms with Crippen molar-refractivity contribution < 1.29 is 9.59 Å². The fraction of sp³-hybridized carbons (Fsp3) is 0.304. The minimum atomic E-state index is -1.14. The zero-order valence-electron chi connectivity index (χ0n) is 18.3. The number of hydrogen-bond acceptors (Lipinski definition) is 4. The molecule has 31 heavy (non-hydrogen) atoms. The molecule has 1 N–H and O–H groups in total. The molecule has 1 fully saturated rings. The standard InChI is InChI=1S/C23H26N6O2/c1-15(2)28-20(11-12-24-28)27-16(3)13-18(17(27)4)14-25-29-21(30)23(5,26-22(29)31)19-9-7-6-8-10-19/h6-15H,1-5H3,(H,26,31)/b25-14-/t23-/m0/s1. The fourth-order valence-electron chi connectivity index (χ4n) is 3.97. The van der Waals surface area contributed by atoms with Gasteiger partial charge in [0.2, 0.25) is 0 Å². The molecule has 2 aromatic heterocycles. The summed E-state index contributed by atoms with van der Waals surface area (Å²) in [7, 11) is 0. The zero-order chi connectivity index (χ0) is 22.3. The molecule has 0 saturated carbocycles. The van der Waals surface area contributed by atoms with Crippen molar-refractivity contribution >= 4 is 18.2 Å². The van der Waals surface area contributed by atoms with Crippen molar-refractivity contribution in [3.8, 4) is 5.82 Å². The fourth-order valence-corrected chi connectivity index (χ4v) is 3.97. The van der Waals surface area contributed by atoms with Crippen LogP contribution in [0.4, 0.5) is 4.79 Å². The van der Waals surface area contributed by atoms with Crippen LogP contribution in [0.2, 0.25) is 0 Å². The van der Waals surface area contributed by atoms with Gasteiger partial charge >= 0.3 is 6.03 Å². The van der Waals surface area contributed by atoms with Gasteiger partial charge in [-0.25, -0.2) is 9.48 Å². The molecule has 3 heterocycles. The van der Waals surface area contributed by atoms with Gasteiger partial charge < -0.3 is 9.88 Å². The van der Waals surface area contributed by atoms with Crippen LogP contribution in [-0.4, -0.2) is 37.5 Å². The van der Waals surface area contributed by atoms with Crippen molar-refractivity contribution in [2.45, 2.75) is 46.2 Å². The summed E-state index contributed by atoms with van der Waals surface area (Å²) in [5, 5.41) is 12.3. The number of hydrazone groups is 1. The normalized spacial score (nSPS) is 19.1. The number of imide groups is 1. The van der Waals surface area contributed by atoms with Gasteiger partial charge in [-0.05, 0) is 46.2 Å². The molecular formula is C23H26N6O2. The average Bonchev–Trinajstić information content (AvgIpc) is 3.38. The van der Waals surface area contributed by atoms with Crippen LogP contribution in [0.25, 0.3) is 5.82 Å². The second-order valence-electron chi connectivity index (χ2n) is 8.17. The Balaban J connectivity index is 1.65. The SMILES string of the molecule is Cc1cc(/C=N\N2C(=O)N[C@@](C)(c3ccccc3)C2=O)c(C)n1-c1ccnn1C(C)C. The van der Waals surface area contributed by atoms with Crippen LogP contribution < -0.4 is 5.32 Å². The van der Waals surface area contributed by atoms with Crippen LogP contribution >= 0.6 is 0 Å². The number of aromatic nitrogens is 3. The maximum Gasteiger partial charge on any atom is 0.346 e. The number of nitrogens with zero attached hydrogens (tertiary/aromatic N) is 5. The molecule has 1 aromatic carbocycles. The third-order valence-electron chi connectivity index (χ3n) is 5.67. The Labute approximate surface area is 181 Å². The number of carbonyl (C=O) groups excluding carboxylic acids is 2. The van der Waals surface area contributed by atoms with Crippen molar-refractivity contribution in [3.05, 3.63) is 71.2 Å². The lowest BCUT2D eigenvalue weighted by molar-refractivity contribution is -0.131. The Morgan fingerprint density at radius 2 is 1.84 bits per heavy atom. The highest BCUT2D eigenvalue weighted by Crippen LogP contribution is 2.29. The van der Waals surface area contributed by atoms with Crippen LogP contribution in [0.1, 0.15) is 49.3 Å². The first-order valence-electron chi connectivity index (χ1n) is 10.2.